The van der Waals surface area contributed by atoms with Gasteiger partial charge in [-0.25, -0.2) is 12.8 Å². The molecular weight excluding hydrogens is 229 g/mol. The first kappa shape index (κ1) is 11.5. The van der Waals surface area contributed by atoms with E-state index in [0.29, 0.717) is 12.8 Å². The smallest absolute Gasteiger partial charge is 0.185 e. The predicted molar refractivity (Wildman–Crippen MR) is 59.2 cm³/mol. The van der Waals surface area contributed by atoms with Gasteiger partial charge in [-0.2, -0.15) is 0 Å². The maximum atomic E-state index is 12.7. The van der Waals surface area contributed by atoms with Crippen molar-refractivity contribution in [2.75, 3.05) is 0 Å². The predicted octanol–water partition coefficient (Wildman–Crippen LogP) is 1.48. The molecule has 2 rings (SSSR count). The van der Waals surface area contributed by atoms with E-state index in [1.54, 1.807) is 6.92 Å². The molecule has 1 fully saturated rings. The van der Waals surface area contributed by atoms with Crippen LogP contribution in [0.1, 0.15) is 19.8 Å². The Kier molecular flexibility index (Phi) is 2.55. The highest BCUT2D eigenvalue weighted by Crippen LogP contribution is 2.48. The summed E-state index contributed by atoms with van der Waals surface area (Å²) in [5.74, 6) is -0.440. The lowest BCUT2D eigenvalue weighted by atomic mass is 10.2. The van der Waals surface area contributed by atoms with E-state index in [1.165, 1.54) is 12.1 Å². The van der Waals surface area contributed by atoms with Crippen LogP contribution in [0.15, 0.2) is 29.2 Å². The second-order valence-electron chi connectivity index (χ2n) is 4.31. The van der Waals surface area contributed by atoms with Crippen LogP contribution in [0.4, 0.5) is 4.39 Å². The third-order valence-electron chi connectivity index (χ3n) is 3.23. The summed E-state index contributed by atoms with van der Waals surface area (Å²) in [5.41, 5.74) is 5.73. The fourth-order valence-electron chi connectivity index (χ4n) is 1.94. The van der Waals surface area contributed by atoms with Gasteiger partial charge in [-0.15, -0.1) is 0 Å². The van der Waals surface area contributed by atoms with Crippen molar-refractivity contribution in [1.29, 1.82) is 0 Å². The molecule has 0 saturated heterocycles. The second kappa shape index (κ2) is 3.53. The molecule has 0 aromatic heterocycles. The molecule has 16 heavy (non-hydrogen) atoms. The molecule has 0 aliphatic heterocycles. The van der Waals surface area contributed by atoms with Gasteiger partial charge in [0.2, 0.25) is 0 Å². The van der Waals surface area contributed by atoms with Gasteiger partial charge in [-0.3, -0.25) is 0 Å². The Hall–Kier alpha value is -0.940. The van der Waals surface area contributed by atoms with E-state index in [4.69, 9.17) is 5.73 Å². The van der Waals surface area contributed by atoms with Gasteiger partial charge in [-0.05, 0) is 44.0 Å². The van der Waals surface area contributed by atoms with Crippen LogP contribution in [0.25, 0.3) is 0 Å². The monoisotopic (exact) mass is 243 g/mol. The third kappa shape index (κ3) is 1.55. The summed E-state index contributed by atoms with van der Waals surface area (Å²) in [6.45, 7) is 1.70. The highest BCUT2D eigenvalue weighted by molar-refractivity contribution is 7.93. The normalized spacial score (nSPS) is 20.4. The van der Waals surface area contributed by atoms with E-state index < -0.39 is 26.4 Å². The van der Waals surface area contributed by atoms with E-state index in [0.717, 1.165) is 12.1 Å². The summed E-state index contributed by atoms with van der Waals surface area (Å²) < 4.78 is 36.4. The molecule has 5 heteroatoms. The lowest BCUT2D eigenvalue weighted by molar-refractivity contribution is 0.553. The Bertz CT molecular complexity index is 489. The van der Waals surface area contributed by atoms with Crippen LogP contribution in [0.5, 0.6) is 0 Å². The average Bonchev–Trinajstić information content (AvgIpc) is 2.98. The molecule has 1 aliphatic rings. The number of halogens is 1. The van der Waals surface area contributed by atoms with Crippen LogP contribution in [0.3, 0.4) is 0 Å². The minimum atomic E-state index is -3.44. The summed E-state index contributed by atoms with van der Waals surface area (Å²) in [7, 11) is -3.44. The number of hydrogen-bond acceptors (Lipinski definition) is 3. The Morgan fingerprint density at radius 3 is 2.19 bits per heavy atom. The fraction of sp³-hybridized carbons (Fsp3) is 0.455. The highest BCUT2D eigenvalue weighted by Gasteiger charge is 2.57. The summed E-state index contributed by atoms with van der Waals surface area (Å²) >= 11 is 0. The third-order valence-corrected chi connectivity index (χ3v) is 5.97. The molecule has 0 bridgehead atoms. The fourth-order valence-corrected chi connectivity index (χ4v) is 4.03. The van der Waals surface area contributed by atoms with Crippen LogP contribution in [0, 0.1) is 5.82 Å². The Balaban J connectivity index is 2.44. The standard InChI is InChI=1S/C11H14FNO2S/c1-8(13)11(6-7-11)16(14,15)10-4-2-9(12)3-5-10/h2-5,8H,6-7,13H2,1H3. The van der Waals surface area contributed by atoms with E-state index in [1.807, 2.05) is 0 Å². The van der Waals surface area contributed by atoms with Gasteiger partial charge in [-0.1, -0.05) is 0 Å². The van der Waals surface area contributed by atoms with Crippen molar-refractivity contribution in [2.45, 2.75) is 35.4 Å². The first-order valence-corrected chi connectivity index (χ1v) is 6.64. The van der Waals surface area contributed by atoms with Gasteiger partial charge in [0.1, 0.15) is 5.82 Å². The molecule has 0 amide bonds. The maximum absolute atomic E-state index is 12.7. The lowest BCUT2D eigenvalue weighted by Gasteiger charge is -2.20. The van der Waals surface area contributed by atoms with Crippen molar-refractivity contribution in [3.05, 3.63) is 30.1 Å². The quantitative estimate of drug-likeness (QED) is 0.818. The van der Waals surface area contributed by atoms with Gasteiger partial charge >= 0.3 is 0 Å². The molecule has 0 heterocycles. The molecule has 1 aromatic rings. The van der Waals surface area contributed by atoms with Crippen LogP contribution in [0.2, 0.25) is 0 Å². The zero-order valence-corrected chi connectivity index (χ0v) is 9.80. The van der Waals surface area contributed by atoms with E-state index >= 15 is 0 Å². The molecule has 0 spiro atoms. The molecule has 0 radical (unpaired) electrons. The van der Waals surface area contributed by atoms with Crippen molar-refractivity contribution in [3.8, 4) is 0 Å². The molecule has 1 unspecified atom stereocenters. The van der Waals surface area contributed by atoms with Crippen LogP contribution in [-0.2, 0) is 9.84 Å². The van der Waals surface area contributed by atoms with Gasteiger partial charge in [0.25, 0.3) is 0 Å². The Morgan fingerprint density at radius 2 is 1.81 bits per heavy atom. The minimum absolute atomic E-state index is 0.156. The van der Waals surface area contributed by atoms with Crippen LogP contribution >= 0.6 is 0 Å². The lowest BCUT2D eigenvalue weighted by Crippen LogP contribution is -2.40. The number of sulfone groups is 1. The number of nitrogens with two attached hydrogens (primary N) is 1. The van der Waals surface area contributed by atoms with Gasteiger partial charge < -0.3 is 5.73 Å². The van der Waals surface area contributed by atoms with Gasteiger partial charge in [0, 0.05) is 6.04 Å². The van der Waals surface area contributed by atoms with E-state index in [-0.39, 0.29) is 4.90 Å². The maximum Gasteiger partial charge on any atom is 0.185 e. The zero-order valence-electron chi connectivity index (χ0n) is 8.98. The van der Waals surface area contributed by atoms with Crippen molar-refractivity contribution >= 4 is 9.84 Å². The van der Waals surface area contributed by atoms with Crippen molar-refractivity contribution in [3.63, 3.8) is 0 Å². The molecule has 88 valence electrons. The largest absolute Gasteiger partial charge is 0.327 e. The van der Waals surface area contributed by atoms with Crippen molar-refractivity contribution < 1.29 is 12.8 Å². The minimum Gasteiger partial charge on any atom is -0.327 e. The molecule has 3 nitrogen and oxygen atoms in total. The molecule has 1 aliphatic carbocycles. The first-order chi connectivity index (χ1) is 7.40. The number of rotatable bonds is 3. The molecule has 2 N–H and O–H groups in total. The van der Waals surface area contributed by atoms with E-state index in [2.05, 4.69) is 0 Å². The molecule has 1 atom stereocenters. The summed E-state index contributed by atoms with van der Waals surface area (Å²) in [5, 5.41) is 0. The van der Waals surface area contributed by atoms with Crippen molar-refractivity contribution in [1.82, 2.24) is 0 Å². The first-order valence-electron chi connectivity index (χ1n) is 5.16. The topological polar surface area (TPSA) is 60.2 Å². The summed E-state index contributed by atoms with van der Waals surface area (Å²) in [4.78, 5) is 0.156. The number of hydrogen-bond donors (Lipinski definition) is 1. The Morgan fingerprint density at radius 1 is 1.31 bits per heavy atom. The molecule has 1 aromatic carbocycles. The highest BCUT2D eigenvalue weighted by atomic mass is 32.2. The second-order valence-corrected chi connectivity index (χ2v) is 6.60. The van der Waals surface area contributed by atoms with Crippen LogP contribution in [-0.4, -0.2) is 19.2 Å². The molecule has 1 saturated carbocycles. The van der Waals surface area contributed by atoms with E-state index in [9.17, 15) is 12.8 Å². The summed E-state index contributed by atoms with van der Waals surface area (Å²) in [6.07, 6.45) is 1.18. The average molecular weight is 243 g/mol. The van der Waals surface area contributed by atoms with Crippen LogP contribution < -0.4 is 5.73 Å². The zero-order chi connectivity index (χ0) is 12.0. The summed E-state index contributed by atoms with van der Waals surface area (Å²) in [6, 6.07) is 4.51. The van der Waals surface area contributed by atoms with Gasteiger partial charge in [0.15, 0.2) is 9.84 Å². The Labute approximate surface area is 94.4 Å². The molecular formula is C11H14FNO2S. The SMILES string of the molecule is CC(N)C1(S(=O)(=O)c2ccc(F)cc2)CC1. The van der Waals surface area contributed by atoms with Gasteiger partial charge in [0.05, 0.1) is 9.64 Å². The van der Waals surface area contributed by atoms with Crippen molar-refractivity contribution in [2.24, 2.45) is 5.73 Å². The number of benzene rings is 1.